The highest BCUT2D eigenvalue weighted by Gasteiger charge is 2.05. The summed E-state index contributed by atoms with van der Waals surface area (Å²) < 4.78 is 18.8. The molecule has 0 atom stereocenters. The van der Waals surface area contributed by atoms with Gasteiger partial charge in [-0.2, -0.15) is 0 Å². The summed E-state index contributed by atoms with van der Waals surface area (Å²) in [5, 5.41) is 0.0923. The minimum absolute atomic E-state index is 0.0923. The smallest absolute Gasteiger partial charge is 0.141 e. The Hall–Kier alpha value is -2.00. The Morgan fingerprint density at radius 1 is 1.25 bits per heavy atom. The lowest BCUT2D eigenvalue weighted by Crippen LogP contribution is -2.00. The van der Waals surface area contributed by atoms with Crippen molar-refractivity contribution in [3.8, 4) is 5.75 Å². The van der Waals surface area contributed by atoms with Crippen LogP contribution in [-0.2, 0) is 13.0 Å². The molecule has 2 nitrogen and oxygen atoms in total. The van der Waals surface area contributed by atoms with Crippen LogP contribution in [0.15, 0.2) is 49.1 Å². The van der Waals surface area contributed by atoms with E-state index in [0.717, 1.165) is 16.9 Å². The SMILES string of the molecule is C=CCc1cc(N)ccc1OCc1ccc(F)c(Cl)c1. The summed E-state index contributed by atoms with van der Waals surface area (Å²) in [4.78, 5) is 0. The number of anilines is 1. The quantitative estimate of drug-likeness (QED) is 0.656. The molecule has 0 aliphatic carbocycles. The van der Waals surface area contributed by atoms with Gasteiger partial charge in [0.05, 0.1) is 5.02 Å². The third kappa shape index (κ3) is 3.52. The van der Waals surface area contributed by atoms with Gasteiger partial charge in [0.25, 0.3) is 0 Å². The van der Waals surface area contributed by atoms with Crippen molar-refractivity contribution in [2.75, 3.05) is 5.73 Å². The van der Waals surface area contributed by atoms with Gasteiger partial charge in [-0.3, -0.25) is 0 Å². The maximum atomic E-state index is 13.1. The van der Waals surface area contributed by atoms with Gasteiger partial charge in [0, 0.05) is 5.69 Å². The van der Waals surface area contributed by atoms with E-state index in [1.165, 1.54) is 6.07 Å². The Morgan fingerprint density at radius 3 is 2.75 bits per heavy atom. The molecule has 0 spiro atoms. The molecule has 0 radical (unpaired) electrons. The minimum atomic E-state index is -0.435. The largest absolute Gasteiger partial charge is 0.489 e. The van der Waals surface area contributed by atoms with Crippen LogP contribution in [-0.4, -0.2) is 0 Å². The van der Waals surface area contributed by atoms with Crippen molar-refractivity contribution in [2.45, 2.75) is 13.0 Å². The van der Waals surface area contributed by atoms with Crippen LogP contribution in [0.1, 0.15) is 11.1 Å². The van der Waals surface area contributed by atoms with Gasteiger partial charge in [-0.05, 0) is 47.9 Å². The molecule has 20 heavy (non-hydrogen) atoms. The van der Waals surface area contributed by atoms with Gasteiger partial charge in [0.2, 0.25) is 0 Å². The van der Waals surface area contributed by atoms with Crippen molar-refractivity contribution in [2.24, 2.45) is 0 Å². The monoisotopic (exact) mass is 291 g/mol. The first-order chi connectivity index (χ1) is 9.60. The lowest BCUT2D eigenvalue weighted by molar-refractivity contribution is 0.303. The number of hydrogen-bond acceptors (Lipinski definition) is 2. The molecule has 0 aliphatic rings. The lowest BCUT2D eigenvalue weighted by Gasteiger charge is -2.11. The second-order valence-corrected chi connectivity index (χ2v) is 4.80. The molecule has 2 aromatic carbocycles. The van der Waals surface area contributed by atoms with Crippen LogP contribution in [0, 0.1) is 5.82 Å². The summed E-state index contributed by atoms with van der Waals surface area (Å²) in [5.74, 6) is 0.301. The van der Waals surface area contributed by atoms with Gasteiger partial charge >= 0.3 is 0 Å². The highest BCUT2D eigenvalue weighted by molar-refractivity contribution is 6.30. The Kier molecular flexibility index (Phi) is 4.64. The Bertz CT molecular complexity index is 628. The predicted molar refractivity (Wildman–Crippen MR) is 80.5 cm³/mol. The average molecular weight is 292 g/mol. The van der Waals surface area contributed by atoms with E-state index in [9.17, 15) is 4.39 Å². The molecule has 0 fully saturated rings. The molecule has 2 aromatic rings. The van der Waals surface area contributed by atoms with Crippen LogP contribution in [0.3, 0.4) is 0 Å². The molecule has 104 valence electrons. The van der Waals surface area contributed by atoms with Gasteiger partial charge in [0.1, 0.15) is 18.2 Å². The molecular weight excluding hydrogens is 277 g/mol. The van der Waals surface area contributed by atoms with Gasteiger partial charge in [-0.25, -0.2) is 4.39 Å². The lowest BCUT2D eigenvalue weighted by atomic mass is 10.1. The fourth-order valence-corrected chi connectivity index (χ4v) is 2.05. The molecule has 0 saturated carbocycles. The van der Waals surface area contributed by atoms with Gasteiger partial charge < -0.3 is 10.5 Å². The number of allylic oxidation sites excluding steroid dienone is 1. The van der Waals surface area contributed by atoms with Gasteiger partial charge in [-0.1, -0.05) is 23.7 Å². The Morgan fingerprint density at radius 2 is 2.05 bits per heavy atom. The van der Waals surface area contributed by atoms with Crippen LogP contribution in [0.4, 0.5) is 10.1 Å². The third-order valence-corrected chi connectivity index (χ3v) is 3.12. The van der Waals surface area contributed by atoms with E-state index >= 15 is 0 Å². The van der Waals surface area contributed by atoms with Crippen molar-refractivity contribution in [3.05, 3.63) is 71.0 Å². The third-order valence-electron chi connectivity index (χ3n) is 2.83. The van der Waals surface area contributed by atoms with Crippen molar-refractivity contribution >= 4 is 17.3 Å². The molecule has 4 heteroatoms. The van der Waals surface area contributed by atoms with Crippen LogP contribution in [0.2, 0.25) is 5.02 Å². The standard InChI is InChI=1S/C16H15ClFNO/c1-2-3-12-9-13(19)5-7-16(12)20-10-11-4-6-15(18)14(17)8-11/h2,4-9H,1,3,10,19H2. The van der Waals surface area contributed by atoms with E-state index in [1.807, 2.05) is 12.1 Å². The molecule has 0 saturated heterocycles. The maximum Gasteiger partial charge on any atom is 0.141 e. The number of benzene rings is 2. The molecule has 0 unspecified atom stereocenters. The molecule has 2 N–H and O–H groups in total. The molecule has 0 bridgehead atoms. The van der Waals surface area contributed by atoms with E-state index in [4.69, 9.17) is 22.1 Å². The van der Waals surface area contributed by atoms with Crippen LogP contribution in [0.5, 0.6) is 5.75 Å². The molecule has 0 aliphatic heterocycles. The van der Waals surface area contributed by atoms with Crippen molar-refractivity contribution in [1.82, 2.24) is 0 Å². The fourth-order valence-electron chi connectivity index (χ4n) is 1.85. The van der Waals surface area contributed by atoms with Gasteiger partial charge in [-0.15, -0.1) is 6.58 Å². The number of halogens is 2. The second-order valence-electron chi connectivity index (χ2n) is 4.40. The maximum absolute atomic E-state index is 13.1. The van der Waals surface area contributed by atoms with E-state index in [-0.39, 0.29) is 5.02 Å². The van der Waals surface area contributed by atoms with E-state index < -0.39 is 5.82 Å². The van der Waals surface area contributed by atoms with Crippen LogP contribution >= 0.6 is 11.6 Å². The number of hydrogen-bond donors (Lipinski definition) is 1. The predicted octanol–water partition coefficient (Wildman–Crippen LogP) is 4.37. The first-order valence-corrected chi connectivity index (χ1v) is 6.54. The zero-order valence-corrected chi connectivity index (χ0v) is 11.7. The summed E-state index contributed by atoms with van der Waals surface area (Å²) in [5.41, 5.74) is 8.20. The fraction of sp³-hybridized carbons (Fsp3) is 0.125. The highest BCUT2D eigenvalue weighted by atomic mass is 35.5. The topological polar surface area (TPSA) is 35.2 Å². The van der Waals surface area contributed by atoms with Gasteiger partial charge in [0.15, 0.2) is 0 Å². The first-order valence-electron chi connectivity index (χ1n) is 6.16. The van der Waals surface area contributed by atoms with Crippen molar-refractivity contribution < 1.29 is 9.13 Å². The summed E-state index contributed by atoms with van der Waals surface area (Å²) >= 11 is 5.74. The molecule has 0 amide bonds. The number of nitrogen functional groups attached to an aromatic ring is 1. The van der Waals surface area contributed by atoms with Crippen molar-refractivity contribution in [1.29, 1.82) is 0 Å². The number of rotatable bonds is 5. The van der Waals surface area contributed by atoms with E-state index in [1.54, 1.807) is 24.3 Å². The molecule has 0 heterocycles. The first kappa shape index (κ1) is 14.4. The van der Waals surface area contributed by atoms with Crippen molar-refractivity contribution in [3.63, 3.8) is 0 Å². The minimum Gasteiger partial charge on any atom is -0.489 e. The summed E-state index contributed by atoms with van der Waals surface area (Å²) in [6.45, 7) is 4.02. The highest BCUT2D eigenvalue weighted by Crippen LogP contribution is 2.24. The Labute approximate surface area is 122 Å². The number of nitrogens with two attached hydrogens (primary N) is 1. The van der Waals surface area contributed by atoms with Crippen LogP contribution < -0.4 is 10.5 Å². The summed E-state index contributed by atoms with van der Waals surface area (Å²) in [6.07, 6.45) is 2.46. The zero-order valence-electron chi connectivity index (χ0n) is 10.9. The van der Waals surface area contributed by atoms with E-state index in [0.29, 0.717) is 18.7 Å². The normalized spacial score (nSPS) is 10.3. The Balaban J connectivity index is 2.13. The summed E-state index contributed by atoms with van der Waals surface area (Å²) in [6, 6.07) is 9.98. The zero-order chi connectivity index (χ0) is 14.5. The molecule has 2 rings (SSSR count). The van der Waals surface area contributed by atoms with E-state index in [2.05, 4.69) is 6.58 Å². The summed E-state index contributed by atoms with van der Waals surface area (Å²) in [7, 11) is 0. The second kappa shape index (κ2) is 6.44. The average Bonchev–Trinajstić information content (AvgIpc) is 2.42. The molecule has 0 aromatic heterocycles. The molecular formula is C16H15ClFNO. The van der Waals surface area contributed by atoms with Crippen LogP contribution in [0.25, 0.3) is 0 Å². The number of ether oxygens (including phenoxy) is 1.